The van der Waals surface area contributed by atoms with Crippen molar-refractivity contribution in [3.8, 4) is 39.1 Å². The van der Waals surface area contributed by atoms with Crippen LogP contribution in [0.15, 0.2) is 218 Å². The normalized spacial score (nSPS) is 11.5. The summed E-state index contributed by atoms with van der Waals surface area (Å²) in [5.74, 6) is 0. The lowest BCUT2D eigenvalue weighted by atomic mass is 9.93. The maximum Gasteiger partial charge on any atom is 0.0542 e. The minimum Gasteiger partial charge on any atom is -0.310 e. The highest BCUT2D eigenvalue weighted by molar-refractivity contribution is 7.25. The molecule has 0 spiro atoms. The highest BCUT2D eigenvalue weighted by atomic mass is 32.1. The first kappa shape index (κ1) is 33.2. The van der Waals surface area contributed by atoms with Gasteiger partial charge in [-0.05, 0) is 124 Å². The van der Waals surface area contributed by atoms with Gasteiger partial charge in [-0.3, -0.25) is 0 Å². The van der Waals surface area contributed by atoms with Gasteiger partial charge in [0.05, 0.1) is 11.0 Å². The molecule has 3 heteroatoms. The molecule has 0 amide bonds. The van der Waals surface area contributed by atoms with Gasteiger partial charge >= 0.3 is 0 Å². The van der Waals surface area contributed by atoms with E-state index in [1.807, 2.05) is 11.3 Å². The number of para-hydroxylation sites is 2. The van der Waals surface area contributed by atoms with Crippen molar-refractivity contribution in [1.82, 2.24) is 4.57 Å². The van der Waals surface area contributed by atoms with E-state index in [2.05, 4.69) is 228 Å². The van der Waals surface area contributed by atoms with Gasteiger partial charge in [0.1, 0.15) is 0 Å². The Kier molecular flexibility index (Phi) is 8.04. The number of benzene rings is 9. The monoisotopic (exact) mass is 744 g/mol. The Morgan fingerprint density at radius 1 is 0.298 bits per heavy atom. The number of aromatic nitrogens is 1. The first-order chi connectivity index (χ1) is 28.2. The van der Waals surface area contributed by atoms with Crippen LogP contribution >= 0.6 is 11.3 Å². The maximum absolute atomic E-state index is 2.42. The lowest BCUT2D eigenvalue weighted by Gasteiger charge is -2.26. The molecule has 0 radical (unpaired) electrons. The minimum absolute atomic E-state index is 1.10. The van der Waals surface area contributed by atoms with Crippen molar-refractivity contribution in [2.24, 2.45) is 0 Å². The molecule has 0 saturated heterocycles. The van der Waals surface area contributed by atoms with Gasteiger partial charge in [0.2, 0.25) is 0 Å². The van der Waals surface area contributed by atoms with Crippen LogP contribution in [0, 0.1) is 0 Å². The average Bonchev–Trinajstić information content (AvgIpc) is 3.83. The Hall–Kier alpha value is -7.20. The van der Waals surface area contributed by atoms with E-state index in [0.717, 1.165) is 22.7 Å². The van der Waals surface area contributed by atoms with Gasteiger partial charge in [0.15, 0.2) is 0 Å². The number of hydrogen-bond acceptors (Lipinski definition) is 2. The second-order valence-electron chi connectivity index (χ2n) is 14.6. The average molecular weight is 745 g/mol. The van der Waals surface area contributed by atoms with E-state index in [0.29, 0.717) is 0 Å². The molecule has 11 aromatic rings. The third-order valence-corrected chi connectivity index (χ3v) is 12.3. The van der Waals surface area contributed by atoms with Crippen molar-refractivity contribution in [1.29, 1.82) is 0 Å². The fraction of sp³-hybridized carbons (Fsp3) is 0. The molecule has 0 unspecified atom stereocenters. The molecule has 11 rings (SSSR count). The lowest BCUT2D eigenvalue weighted by Crippen LogP contribution is -2.09. The van der Waals surface area contributed by atoms with Crippen molar-refractivity contribution in [3.63, 3.8) is 0 Å². The van der Waals surface area contributed by atoms with Crippen molar-refractivity contribution in [2.75, 3.05) is 4.90 Å². The molecule has 0 N–H and O–H groups in total. The predicted molar refractivity (Wildman–Crippen MR) is 245 cm³/mol. The Morgan fingerprint density at radius 2 is 0.772 bits per heavy atom. The fourth-order valence-corrected chi connectivity index (χ4v) is 9.53. The first-order valence-corrected chi connectivity index (χ1v) is 20.2. The van der Waals surface area contributed by atoms with Crippen LogP contribution in [0.5, 0.6) is 0 Å². The zero-order chi connectivity index (χ0) is 37.7. The number of rotatable bonds is 7. The standard InChI is InChI=1S/C54H36N2S/c1-4-14-37(15-5-1)40-32-41(38-16-6-2-7-17-38)34-42(33-40)39-24-26-44(27-25-39)55(46-29-31-54-50(36-46)48-21-11-13-23-53(48)57-54)45-28-30-52-49(35-45)47-20-10-12-22-51(47)56(52)43-18-8-3-9-19-43/h1-36H. The molecular formula is C54H36N2S. The molecule has 0 bridgehead atoms. The summed E-state index contributed by atoms with van der Waals surface area (Å²) in [6.07, 6.45) is 0. The van der Waals surface area contributed by atoms with E-state index < -0.39 is 0 Å². The number of anilines is 3. The van der Waals surface area contributed by atoms with Crippen LogP contribution in [0.1, 0.15) is 0 Å². The van der Waals surface area contributed by atoms with Crippen LogP contribution < -0.4 is 4.90 Å². The molecular weight excluding hydrogens is 709 g/mol. The van der Waals surface area contributed by atoms with Crippen LogP contribution in [0.3, 0.4) is 0 Å². The highest BCUT2D eigenvalue weighted by Crippen LogP contribution is 2.43. The van der Waals surface area contributed by atoms with Crippen molar-refractivity contribution < 1.29 is 0 Å². The Labute approximate surface area is 335 Å². The third-order valence-electron chi connectivity index (χ3n) is 11.2. The molecule has 0 fully saturated rings. The molecule has 0 aliphatic rings. The van der Waals surface area contributed by atoms with Crippen LogP contribution in [-0.2, 0) is 0 Å². The van der Waals surface area contributed by atoms with E-state index in [-0.39, 0.29) is 0 Å². The Balaban J connectivity index is 1.08. The first-order valence-electron chi connectivity index (χ1n) is 19.4. The van der Waals surface area contributed by atoms with E-state index in [1.165, 1.54) is 75.4 Å². The van der Waals surface area contributed by atoms with Crippen molar-refractivity contribution >= 4 is 70.4 Å². The number of nitrogens with zero attached hydrogens (tertiary/aromatic N) is 2. The Bertz CT molecular complexity index is 3160. The summed E-state index contributed by atoms with van der Waals surface area (Å²) >= 11 is 1.85. The van der Waals surface area contributed by atoms with E-state index in [9.17, 15) is 0 Å². The molecule has 2 heterocycles. The van der Waals surface area contributed by atoms with Gasteiger partial charge in [-0.2, -0.15) is 0 Å². The third kappa shape index (κ3) is 5.88. The summed E-state index contributed by atoms with van der Waals surface area (Å²) in [5, 5.41) is 5.04. The quantitative estimate of drug-likeness (QED) is 0.158. The lowest BCUT2D eigenvalue weighted by molar-refractivity contribution is 1.18. The van der Waals surface area contributed by atoms with Gasteiger partial charge in [-0.25, -0.2) is 0 Å². The number of fused-ring (bicyclic) bond motifs is 6. The van der Waals surface area contributed by atoms with Crippen LogP contribution in [-0.4, -0.2) is 4.57 Å². The topological polar surface area (TPSA) is 8.17 Å². The van der Waals surface area contributed by atoms with Crippen molar-refractivity contribution in [3.05, 3.63) is 218 Å². The smallest absolute Gasteiger partial charge is 0.0542 e. The van der Waals surface area contributed by atoms with Gasteiger partial charge in [-0.1, -0.05) is 127 Å². The van der Waals surface area contributed by atoms with E-state index in [1.54, 1.807) is 0 Å². The highest BCUT2D eigenvalue weighted by Gasteiger charge is 2.19. The molecule has 0 aliphatic heterocycles. The zero-order valence-electron chi connectivity index (χ0n) is 31.1. The molecule has 0 aliphatic carbocycles. The number of hydrogen-bond donors (Lipinski definition) is 0. The molecule has 2 nitrogen and oxygen atoms in total. The summed E-state index contributed by atoms with van der Waals surface area (Å²) in [7, 11) is 0. The molecule has 57 heavy (non-hydrogen) atoms. The summed E-state index contributed by atoms with van der Waals surface area (Å²) < 4.78 is 4.98. The predicted octanol–water partition coefficient (Wildman–Crippen LogP) is 15.6. The number of thiophene rings is 1. The molecule has 9 aromatic carbocycles. The second-order valence-corrected chi connectivity index (χ2v) is 15.7. The van der Waals surface area contributed by atoms with Crippen molar-refractivity contribution in [2.45, 2.75) is 0 Å². The summed E-state index contributed by atoms with van der Waals surface area (Å²) in [4.78, 5) is 2.42. The second kappa shape index (κ2) is 13.8. The molecule has 2 aromatic heterocycles. The summed E-state index contributed by atoms with van der Waals surface area (Å²) in [5.41, 5.74) is 14.1. The maximum atomic E-state index is 2.42. The molecule has 0 saturated carbocycles. The summed E-state index contributed by atoms with van der Waals surface area (Å²) in [6, 6.07) is 79.5. The Morgan fingerprint density at radius 3 is 1.44 bits per heavy atom. The minimum atomic E-state index is 1.10. The molecule has 268 valence electrons. The van der Waals surface area contributed by atoms with Crippen LogP contribution in [0.25, 0.3) is 81.0 Å². The SMILES string of the molecule is c1ccc(-c2cc(-c3ccccc3)cc(-c3ccc(N(c4ccc5sc6ccccc6c5c4)c4ccc5c(c4)c4ccccc4n5-c4ccccc4)cc3)c2)cc1. The van der Waals surface area contributed by atoms with Gasteiger partial charge < -0.3 is 9.47 Å². The van der Waals surface area contributed by atoms with E-state index in [4.69, 9.17) is 0 Å². The van der Waals surface area contributed by atoms with Gasteiger partial charge in [0.25, 0.3) is 0 Å². The summed E-state index contributed by atoms with van der Waals surface area (Å²) in [6.45, 7) is 0. The van der Waals surface area contributed by atoms with Gasteiger partial charge in [-0.15, -0.1) is 11.3 Å². The van der Waals surface area contributed by atoms with Crippen LogP contribution in [0.2, 0.25) is 0 Å². The van der Waals surface area contributed by atoms with Crippen LogP contribution in [0.4, 0.5) is 17.1 Å². The molecule has 0 atom stereocenters. The fourth-order valence-electron chi connectivity index (χ4n) is 8.45. The zero-order valence-corrected chi connectivity index (χ0v) is 31.9. The largest absolute Gasteiger partial charge is 0.310 e. The van der Waals surface area contributed by atoms with E-state index >= 15 is 0 Å². The van der Waals surface area contributed by atoms with Gasteiger partial charge in [0, 0.05) is 53.7 Å².